The number of halogens is 2. The molecule has 0 aromatic heterocycles. The molecule has 0 rings (SSSR count). The smallest absolute Gasteiger partial charge is 0.328 e. The van der Waals surface area contributed by atoms with Crippen molar-refractivity contribution >= 4 is 44.1 Å². The molecular formula is C9H14Br2O6. The number of carboxylic acid groups (broad SMARTS) is 2. The van der Waals surface area contributed by atoms with Crippen molar-refractivity contribution in [3.8, 4) is 0 Å². The Kier molecular flexibility index (Phi) is 10.7. The van der Waals surface area contributed by atoms with Crippen LogP contribution in [0.3, 0.4) is 0 Å². The maximum absolute atomic E-state index is 9.55. The van der Waals surface area contributed by atoms with Gasteiger partial charge in [0.15, 0.2) is 0 Å². The Labute approximate surface area is 116 Å². The van der Waals surface area contributed by atoms with Crippen molar-refractivity contribution < 1.29 is 28.7 Å². The molecule has 0 aliphatic rings. The van der Waals surface area contributed by atoms with E-state index in [4.69, 9.17) is 19.1 Å². The third kappa shape index (κ3) is 11.8. The molecule has 1 unspecified atom stereocenters. The molecule has 0 aliphatic carbocycles. The minimum Gasteiger partial charge on any atom is -0.478 e. The fourth-order valence-corrected chi connectivity index (χ4v) is 0.986. The van der Waals surface area contributed by atoms with Gasteiger partial charge in [-0.25, -0.2) is 9.59 Å². The fraction of sp³-hybridized carbons (Fsp3) is 0.556. The van der Waals surface area contributed by atoms with Crippen molar-refractivity contribution in [3.63, 3.8) is 0 Å². The van der Waals surface area contributed by atoms with Crippen LogP contribution in [-0.2, 0) is 13.4 Å². The van der Waals surface area contributed by atoms with Crippen molar-refractivity contribution in [2.24, 2.45) is 5.41 Å². The van der Waals surface area contributed by atoms with Crippen molar-refractivity contribution in [1.82, 2.24) is 0 Å². The van der Waals surface area contributed by atoms with Crippen LogP contribution in [0.1, 0.15) is 13.8 Å². The van der Waals surface area contributed by atoms with Crippen molar-refractivity contribution in [1.29, 1.82) is 0 Å². The van der Waals surface area contributed by atoms with Crippen LogP contribution < -0.4 is 0 Å². The second kappa shape index (κ2) is 9.58. The zero-order chi connectivity index (χ0) is 14.1. The minimum absolute atomic E-state index is 0.0918. The van der Waals surface area contributed by atoms with Gasteiger partial charge in [-0.15, -0.1) is 0 Å². The van der Waals surface area contributed by atoms with Gasteiger partial charge in [0.25, 0.3) is 0 Å². The van der Waals surface area contributed by atoms with Crippen LogP contribution in [0.25, 0.3) is 0 Å². The summed E-state index contributed by atoms with van der Waals surface area (Å²) in [5.41, 5.74) is -0.247. The lowest BCUT2D eigenvalue weighted by Crippen LogP contribution is -2.28. The SMILES string of the molecule is CC(C)(CO)C(Br)OBr.O=C(O)C=CC(=O)O. The Bertz CT molecular complexity index is 261. The van der Waals surface area contributed by atoms with Crippen LogP contribution in [0.4, 0.5) is 0 Å². The summed E-state index contributed by atoms with van der Waals surface area (Å²) in [7, 11) is 0. The first-order valence-corrected chi connectivity index (χ1v) is 5.90. The van der Waals surface area contributed by atoms with Crippen molar-refractivity contribution in [3.05, 3.63) is 12.2 Å². The quantitative estimate of drug-likeness (QED) is 0.498. The number of aliphatic hydroxyl groups excluding tert-OH is 1. The summed E-state index contributed by atoms with van der Waals surface area (Å²) in [5.74, 6) is -2.51. The van der Waals surface area contributed by atoms with Crippen LogP contribution in [0, 0.1) is 5.41 Å². The van der Waals surface area contributed by atoms with Gasteiger partial charge >= 0.3 is 11.9 Å². The van der Waals surface area contributed by atoms with E-state index in [0.717, 1.165) is 0 Å². The molecule has 0 fully saturated rings. The van der Waals surface area contributed by atoms with Crippen LogP contribution in [0.5, 0.6) is 0 Å². The average Bonchev–Trinajstić information content (AvgIpc) is 2.26. The third-order valence-electron chi connectivity index (χ3n) is 1.47. The van der Waals surface area contributed by atoms with Crippen molar-refractivity contribution in [2.45, 2.75) is 18.9 Å². The Morgan fingerprint density at radius 3 is 1.76 bits per heavy atom. The Hall–Kier alpha value is -0.440. The molecule has 1 atom stereocenters. The van der Waals surface area contributed by atoms with Gasteiger partial charge < -0.3 is 15.3 Å². The predicted octanol–water partition coefficient (Wildman–Crippen LogP) is 1.76. The zero-order valence-corrected chi connectivity index (χ0v) is 12.4. The van der Waals surface area contributed by atoms with E-state index < -0.39 is 11.9 Å². The molecule has 0 aromatic rings. The van der Waals surface area contributed by atoms with Gasteiger partial charge in [0.1, 0.15) is 5.01 Å². The minimum atomic E-state index is -1.26. The number of aliphatic carboxylic acids is 2. The zero-order valence-electron chi connectivity index (χ0n) is 9.26. The molecule has 0 saturated heterocycles. The molecule has 6 nitrogen and oxygen atoms in total. The van der Waals surface area contributed by atoms with E-state index in [9.17, 15) is 9.59 Å². The first kappa shape index (κ1) is 18.9. The molecule has 0 amide bonds. The Morgan fingerprint density at radius 1 is 1.29 bits per heavy atom. The van der Waals surface area contributed by atoms with E-state index in [-0.39, 0.29) is 17.0 Å². The van der Waals surface area contributed by atoms with Gasteiger partial charge in [-0.3, -0.25) is 3.83 Å². The lowest BCUT2D eigenvalue weighted by molar-refractivity contribution is -0.134. The molecule has 0 saturated carbocycles. The lowest BCUT2D eigenvalue weighted by atomic mass is 9.97. The Morgan fingerprint density at radius 2 is 1.65 bits per heavy atom. The van der Waals surface area contributed by atoms with Crippen LogP contribution in [-0.4, -0.2) is 38.9 Å². The van der Waals surface area contributed by atoms with Crippen LogP contribution >= 0.6 is 32.2 Å². The van der Waals surface area contributed by atoms with Gasteiger partial charge in [0.2, 0.25) is 0 Å². The highest BCUT2D eigenvalue weighted by Crippen LogP contribution is 2.28. The van der Waals surface area contributed by atoms with E-state index in [1.807, 2.05) is 13.8 Å². The first-order valence-electron chi connectivity index (χ1n) is 4.33. The summed E-state index contributed by atoms with van der Waals surface area (Å²) in [5, 5.41) is 24.2. The van der Waals surface area contributed by atoms with Crippen LogP contribution in [0.15, 0.2) is 12.2 Å². The third-order valence-corrected chi connectivity index (χ3v) is 3.77. The number of alkyl halides is 1. The molecule has 0 aromatic carbocycles. The highest BCUT2D eigenvalue weighted by atomic mass is 79.9. The maximum atomic E-state index is 9.55. The second-order valence-corrected chi connectivity index (χ2v) is 4.77. The Balaban J connectivity index is 0. The van der Waals surface area contributed by atoms with Gasteiger partial charge in [0.05, 0.1) is 22.9 Å². The molecule has 100 valence electrons. The lowest BCUT2D eigenvalue weighted by Gasteiger charge is -2.24. The molecule has 0 bridgehead atoms. The highest BCUT2D eigenvalue weighted by molar-refractivity contribution is 9.10. The number of aliphatic hydroxyl groups is 1. The predicted molar refractivity (Wildman–Crippen MR) is 68.0 cm³/mol. The standard InChI is InChI=1S/C5H10Br2O2.C4H4O4/c1-5(2,3-8)4(6)9-7;5-3(6)1-2-4(7)8/h4,8H,3H2,1-2H3;1-2H,(H,5,6)(H,7,8). The average molecular weight is 378 g/mol. The summed E-state index contributed by atoms with van der Waals surface area (Å²) in [6.07, 6.45) is 1.12. The second-order valence-electron chi connectivity index (χ2n) is 3.56. The van der Waals surface area contributed by atoms with Gasteiger partial charge in [-0.05, 0) is 0 Å². The fourth-order valence-electron chi connectivity index (χ4n) is 0.335. The topological polar surface area (TPSA) is 104 Å². The summed E-state index contributed by atoms with van der Waals surface area (Å²) >= 11 is 6.06. The normalized spacial score (nSPS) is 12.8. The molecule has 0 aliphatic heterocycles. The van der Waals surface area contributed by atoms with E-state index in [1.165, 1.54) is 0 Å². The molecule has 0 heterocycles. The largest absolute Gasteiger partial charge is 0.478 e. The number of carboxylic acids is 2. The molecule has 3 N–H and O–H groups in total. The number of carbonyl (C=O) groups is 2. The molecule has 0 radical (unpaired) electrons. The molecule has 8 heteroatoms. The van der Waals surface area contributed by atoms with E-state index in [1.54, 1.807) is 0 Å². The monoisotopic (exact) mass is 376 g/mol. The van der Waals surface area contributed by atoms with Gasteiger partial charge in [-0.2, -0.15) is 0 Å². The van der Waals surface area contributed by atoms with E-state index >= 15 is 0 Å². The number of rotatable bonds is 5. The molecular weight excluding hydrogens is 364 g/mol. The summed E-state index contributed by atoms with van der Waals surface area (Å²) in [4.78, 5) is 19.1. The van der Waals surface area contributed by atoms with Crippen LogP contribution in [0.2, 0.25) is 0 Å². The van der Waals surface area contributed by atoms with Gasteiger partial charge in [0, 0.05) is 17.6 Å². The maximum Gasteiger partial charge on any atom is 0.328 e. The van der Waals surface area contributed by atoms with Gasteiger partial charge in [-0.1, -0.05) is 29.8 Å². The van der Waals surface area contributed by atoms with E-state index in [0.29, 0.717) is 12.2 Å². The van der Waals surface area contributed by atoms with Crippen molar-refractivity contribution in [2.75, 3.05) is 6.61 Å². The first-order chi connectivity index (χ1) is 7.67. The highest BCUT2D eigenvalue weighted by Gasteiger charge is 2.26. The summed E-state index contributed by atoms with van der Waals surface area (Å²) in [6.45, 7) is 3.88. The summed E-state index contributed by atoms with van der Waals surface area (Å²) < 4.78 is 4.78. The number of hydrogen-bond acceptors (Lipinski definition) is 4. The summed E-state index contributed by atoms with van der Waals surface area (Å²) in [6, 6.07) is 0. The number of hydrogen-bond donors (Lipinski definition) is 3. The van der Waals surface area contributed by atoms with E-state index in [2.05, 4.69) is 32.2 Å². The molecule has 17 heavy (non-hydrogen) atoms. The molecule has 0 spiro atoms.